The molecule has 17 heavy (non-hydrogen) atoms. The molecule has 1 unspecified atom stereocenters. The van der Waals surface area contributed by atoms with Crippen LogP contribution in [-0.2, 0) is 6.54 Å². The molecule has 4 heteroatoms. The monoisotopic (exact) mass is 297 g/mol. The standard InChI is InChI=1S/C13H13BrFNO/c1-9(17)12-6-3-7-16(12)8-10-4-2-5-11(15)13(10)14/h2-7,9,17H,8H2,1H3. The quantitative estimate of drug-likeness (QED) is 0.922. The molecule has 90 valence electrons. The topological polar surface area (TPSA) is 25.2 Å². The van der Waals surface area contributed by atoms with Crippen LogP contribution >= 0.6 is 15.9 Å². The number of aromatic nitrogens is 1. The van der Waals surface area contributed by atoms with Gasteiger partial charge in [0.05, 0.1) is 10.6 Å². The fraction of sp³-hybridized carbons (Fsp3) is 0.231. The number of halogens is 2. The molecule has 1 heterocycles. The van der Waals surface area contributed by atoms with E-state index in [1.165, 1.54) is 6.07 Å². The van der Waals surface area contributed by atoms with Crippen LogP contribution in [-0.4, -0.2) is 9.67 Å². The minimum atomic E-state index is -0.530. The number of aliphatic hydroxyl groups is 1. The molecule has 1 atom stereocenters. The summed E-state index contributed by atoms with van der Waals surface area (Å²) in [7, 11) is 0. The zero-order valence-corrected chi connectivity index (χ0v) is 11.0. The van der Waals surface area contributed by atoms with Gasteiger partial charge in [-0.15, -0.1) is 0 Å². The fourth-order valence-electron chi connectivity index (χ4n) is 1.80. The lowest BCUT2D eigenvalue weighted by molar-refractivity contribution is 0.190. The third kappa shape index (κ3) is 2.58. The highest BCUT2D eigenvalue weighted by Crippen LogP contribution is 2.23. The van der Waals surface area contributed by atoms with E-state index in [1.807, 2.05) is 29.0 Å². The summed E-state index contributed by atoms with van der Waals surface area (Å²) in [6, 6.07) is 8.69. The van der Waals surface area contributed by atoms with E-state index >= 15 is 0 Å². The zero-order valence-electron chi connectivity index (χ0n) is 9.40. The van der Waals surface area contributed by atoms with Gasteiger partial charge in [-0.2, -0.15) is 0 Å². The lowest BCUT2D eigenvalue weighted by Crippen LogP contribution is -2.06. The van der Waals surface area contributed by atoms with Crippen LogP contribution in [0.5, 0.6) is 0 Å². The number of rotatable bonds is 3. The molecule has 1 N–H and O–H groups in total. The molecule has 0 aliphatic rings. The smallest absolute Gasteiger partial charge is 0.137 e. The van der Waals surface area contributed by atoms with Crippen LogP contribution in [0, 0.1) is 5.82 Å². The van der Waals surface area contributed by atoms with E-state index in [9.17, 15) is 9.50 Å². The van der Waals surface area contributed by atoms with Crippen LogP contribution in [0.3, 0.4) is 0 Å². The van der Waals surface area contributed by atoms with Gasteiger partial charge in [-0.25, -0.2) is 4.39 Å². The minimum absolute atomic E-state index is 0.270. The van der Waals surface area contributed by atoms with Crippen LogP contribution < -0.4 is 0 Å². The molecule has 0 saturated heterocycles. The summed E-state index contributed by atoms with van der Waals surface area (Å²) in [5.41, 5.74) is 1.67. The Hall–Kier alpha value is -1.13. The molecule has 2 aromatic rings. The minimum Gasteiger partial charge on any atom is -0.387 e. The summed E-state index contributed by atoms with van der Waals surface area (Å²) >= 11 is 3.24. The molecule has 2 nitrogen and oxygen atoms in total. The molecule has 2 rings (SSSR count). The van der Waals surface area contributed by atoms with E-state index in [1.54, 1.807) is 13.0 Å². The lowest BCUT2D eigenvalue weighted by Gasteiger charge is -2.12. The first-order chi connectivity index (χ1) is 8.09. The van der Waals surface area contributed by atoms with Crippen molar-refractivity contribution in [3.63, 3.8) is 0 Å². The van der Waals surface area contributed by atoms with Crippen molar-refractivity contribution in [3.8, 4) is 0 Å². The molecule has 0 radical (unpaired) electrons. The highest BCUT2D eigenvalue weighted by molar-refractivity contribution is 9.10. The van der Waals surface area contributed by atoms with Gasteiger partial charge in [0.15, 0.2) is 0 Å². The van der Waals surface area contributed by atoms with Crippen LogP contribution in [0.15, 0.2) is 41.0 Å². The molecule has 1 aromatic carbocycles. The third-order valence-corrected chi connectivity index (χ3v) is 3.55. The predicted molar refractivity (Wildman–Crippen MR) is 68.3 cm³/mol. The molecule has 0 saturated carbocycles. The lowest BCUT2D eigenvalue weighted by atomic mass is 10.2. The average molecular weight is 298 g/mol. The van der Waals surface area contributed by atoms with Crippen molar-refractivity contribution in [2.24, 2.45) is 0 Å². The third-order valence-electron chi connectivity index (χ3n) is 2.66. The van der Waals surface area contributed by atoms with E-state index in [-0.39, 0.29) is 5.82 Å². The van der Waals surface area contributed by atoms with E-state index in [0.717, 1.165) is 11.3 Å². The summed E-state index contributed by atoms with van der Waals surface area (Å²) in [6.07, 6.45) is 1.34. The summed E-state index contributed by atoms with van der Waals surface area (Å²) in [5.74, 6) is -0.270. The number of hydrogen-bond acceptors (Lipinski definition) is 1. The fourth-order valence-corrected chi connectivity index (χ4v) is 2.19. The van der Waals surface area contributed by atoms with Gasteiger partial charge >= 0.3 is 0 Å². The highest BCUT2D eigenvalue weighted by atomic mass is 79.9. The Bertz CT molecular complexity index is 522. The maximum atomic E-state index is 13.4. The Morgan fingerprint density at radius 3 is 2.82 bits per heavy atom. The van der Waals surface area contributed by atoms with Gasteiger partial charge < -0.3 is 9.67 Å². The van der Waals surface area contributed by atoms with Crippen molar-refractivity contribution in [1.29, 1.82) is 0 Å². The Morgan fingerprint density at radius 1 is 1.35 bits per heavy atom. The summed E-state index contributed by atoms with van der Waals surface area (Å²) in [5, 5.41) is 9.59. The Morgan fingerprint density at radius 2 is 2.12 bits per heavy atom. The Balaban J connectivity index is 2.32. The van der Waals surface area contributed by atoms with Crippen LogP contribution in [0.1, 0.15) is 24.3 Å². The van der Waals surface area contributed by atoms with E-state index in [2.05, 4.69) is 15.9 Å². The van der Waals surface area contributed by atoms with Crippen LogP contribution in [0.25, 0.3) is 0 Å². The van der Waals surface area contributed by atoms with Gasteiger partial charge in [0.1, 0.15) is 5.82 Å². The van der Waals surface area contributed by atoms with E-state index in [0.29, 0.717) is 11.0 Å². The summed E-state index contributed by atoms with van der Waals surface area (Å²) in [6.45, 7) is 2.25. The van der Waals surface area contributed by atoms with E-state index < -0.39 is 6.10 Å². The van der Waals surface area contributed by atoms with E-state index in [4.69, 9.17) is 0 Å². The highest BCUT2D eigenvalue weighted by Gasteiger charge is 2.10. The number of aliphatic hydroxyl groups excluding tert-OH is 1. The van der Waals surface area contributed by atoms with Crippen molar-refractivity contribution in [2.45, 2.75) is 19.6 Å². The summed E-state index contributed by atoms with van der Waals surface area (Å²) in [4.78, 5) is 0. The zero-order chi connectivity index (χ0) is 12.4. The first kappa shape index (κ1) is 12.3. The van der Waals surface area contributed by atoms with Gasteiger partial charge in [-0.05, 0) is 46.6 Å². The molecule has 0 bridgehead atoms. The molecule has 1 aromatic heterocycles. The van der Waals surface area contributed by atoms with Crippen LogP contribution in [0.2, 0.25) is 0 Å². The molecular formula is C13H13BrFNO. The Labute approximate surface area is 108 Å². The second kappa shape index (κ2) is 5.02. The predicted octanol–water partition coefficient (Wildman–Crippen LogP) is 3.49. The van der Waals surface area contributed by atoms with Gasteiger partial charge in [0.25, 0.3) is 0 Å². The van der Waals surface area contributed by atoms with Crippen LogP contribution in [0.4, 0.5) is 4.39 Å². The first-order valence-electron chi connectivity index (χ1n) is 5.35. The van der Waals surface area contributed by atoms with Gasteiger partial charge in [0, 0.05) is 18.4 Å². The second-order valence-corrected chi connectivity index (χ2v) is 4.74. The number of benzene rings is 1. The van der Waals surface area contributed by atoms with Crippen molar-refractivity contribution in [1.82, 2.24) is 4.57 Å². The van der Waals surface area contributed by atoms with Crippen molar-refractivity contribution < 1.29 is 9.50 Å². The number of hydrogen-bond donors (Lipinski definition) is 1. The first-order valence-corrected chi connectivity index (χ1v) is 6.15. The van der Waals surface area contributed by atoms with Crippen molar-refractivity contribution >= 4 is 15.9 Å². The maximum absolute atomic E-state index is 13.4. The molecule has 0 fully saturated rings. The van der Waals surface area contributed by atoms with Gasteiger partial charge in [-0.1, -0.05) is 12.1 Å². The average Bonchev–Trinajstić information content (AvgIpc) is 2.73. The molecule has 0 amide bonds. The molecular weight excluding hydrogens is 285 g/mol. The maximum Gasteiger partial charge on any atom is 0.137 e. The SMILES string of the molecule is CC(O)c1cccn1Cc1cccc(F)c1Br. The molecule has 0 aliphatic carbocycles. The van der Waals surface area contributed by atoms with Crippen molar-refractivity contribution in [3.05, 3.63) is 58.1 Å². The van der Waals surface area contributed by atoms with Gasteiger partial charge in [0.2, 0.25) is 0 Å². The van der Waals surface area contributed by atoms with Gasteiger partial charge in [-0.3, -0.25) is 0 Å². The largest absolute Gasteiger partial charge is 0.387 e. The molecule has 0 aliphatic heterocycles. The normalized spacial score (nSPS) is 12.7. The summed E-state index contributed by atoms with van der Waals surface area (Å²) < 4.78 is 15.7. The molecule has 0 spiro atoms. The van der Waals surface area contributed by atoms with Crippen molar-refractivity contribution in [2.75, 3.05) is 0 Å². The Kier molecular flexibility index (Phi) is 3.64. The number of nitrogens with zero attached hydrogens (tertiary/aromatic N) is 1. The second-order valence-electron chi connectivity index (χ2n) is 3.95.